The second-order valence-electron chi connectivity index (χ2n) is 5.43. The molecule has 0 radical (unpaired) electrons. The highest BCUT2D eigenvalue weighted by Gasteiger charge is 2.11. The van der Waals surface area contributed by atoms with Crippen molar-refractivity contribution in [3.63, 3.8) is 0 Å². The fraction of sp³-hybridized carbons (Fsp3) is 0.438. The zero-order valence-corrected chi connectivity index (χ0v) is 14.3. The van der Waals surface area contributed by atoms with Gasteiger partial charge in [-0.1, -0.05) is 19.9 Å². The lowest BCUT2D eigenvalue weighted by Gasteiger charge is -2.12. The van der Waals surface area contributed by atoms with Crippen LogP contribution < -0.4 is 4.74 Å². The maximum Gasteiger partial charge on any atom is 0.131 e. The zero-order chi connectivity index (χ0) is 14.9. The minimum absolute atomic E-state index is 0.512. The van der Waals surface area contributed by atoms with Crippen LogP contribution in [0.15, 0.2) is 22.7 Å². The molecule has 0 aliphatic heterocycles. The van der Waals surface area contributed by atoms with Gasteiger partial charge in [0.05, 0.1) is 15.9 Å². The first kappa shape index (κ1) is 15.1. The van der Waals surface area contributed by atoms with Crippen LogP contribution in [0.2, 0.25) is 0 Å². The Morgan fingerprint density at radius 1 is 1.30 bits per heavy atom. The molecule has 20 heavy (non-hydrogen) atoms. The maximum atomic E-state index is 5.89. The molecule has 0 aliphatic rings. The van der Waals surface area contributed by atoms with Crippen LogP contribution in [0.5, 0.6) is 5.75 Å². The Hall–Kier alpha value is -1.29. The predicted octanol–water partition coefficient (Wildman–Crippen LogP) is 4.50. The summed E-state index contributed by atoms with van der Waals surface area (Å²) in [6.07, 6.45) is 0. The third kappa shape index (κ3) is 3.06. The summed E-state index contributed by atoms with van der Waals surface area (Å²) in [7, 11) is 1.93. The quantitative estimate of drug-likeness (QED) is 0.821. The van der Waals surface area contributed by atoms with E-state index in [0.717, 1.165) is 21.6 Å². The Labute approximate surface area is 129 Å². The molecule has 0 spiro atoms. The standard InChI is InChI=1S/C16H21BrN2O/c1-10(2)14-7-6-13(8-11(14)3)20-9-15-16(17)12(4)18-19(15)5/h6-8,10H,9H2,1-5H3. The SMILES string of the molecule is Cc1cc(OCc2c(Br)c(C)nn2C)ccc1C(C)C. The van der Waals surface area contributed by atoms with E-state index in [-0.39, 0.29) is 0 Å². The van der Waals surface area contributed by atoms with Gasteiger partial charge < -0.3 is 4.74 Å². The lowest BCUT2D eigenvalue weighted by molar-refractivity contribution is 0.294. The van der Waals surface area contributed by atoms with Crippen molar-refractivity contribution in [3.8, 4) is 5.75 Å². The summed E-state index contributed by atoms with van der Waals surface area (Å²) in [5.74, 6) is 1.44. The fourth-order valence-corrected chi connectivity index (χ4v) is 2.82. The van der Waals surface area contributed by atoms with Crippen LogP contribution in [0, 0.1) is 13.8 Å². The Balaban J connectivity index is 2.13. The van der Waals surface area contributed by atoms with E-state index in [1.165, 1.54) is 11.1 Å². The molecule has 1 heterocycles. The van der Waals surface area contributed by atoms with Gasteiger partial charge in [-0.05, 0) is 59.0 Å². The Kier molecular flexibility index (Phi) is 4.53. The molecule has 1 aromatic carbocycles. The number of aryl methyl sites for hydroxylation is 3. The molecule has 0 N–H and O–H groups in total. The molecule has 0 atom stereocenters. The summed E-state index contributed by atoms with van der Waals surface area (Å²) in [5, 5.41) is 4.37. The van der Waals surface area contributed by atoms with Crippen molar-refractivity contribution < 1.29 is 4.74 Å². The van der Waals surface area contributed by atoms with Gasteiger partial charge in [-0.2, -0.15) is 5.10 Å². The average molecular weight is 337 g/mol. The van der Waals surface area contributed by atoms with Crippen molar-refractivity contribution in [2.75, 3.05) is 0 Å². The van der Waals surface area contributed by atoms with Crippen LogP contribution in [-0.4, -0.2) is 9.78 Å². The number of nitrogens with zero attached hydrogens (tertiary/aromatic N) is 2. The summed E-state index contributed by atoms with van der Waals surface area (Å²) >= 11 is 3.56. The van der Waals surface area contributed by atoms with Gasteiger partial charge in [-0.15, -0.1) is 0 Å². The molecule has 2 aromatic rings. The third-order valence-corrected chi connectivity index (χ3v) is 4.53. The minimum Gasteiger partial charge on any atom is -0.487 e. The van der Waals surface area contributed by atoms with Crippen LogP contribution in [0.4, 0.5) is 0 Å². The van der Waals surface area contributed by atoms with Crippen LogP contribution in [0.25, 0.3) is 0 Å². The van der Waals surface area contributed by atoms with E-state index < -0.39 is 0 Å². The highest BCUT2D eigenvalue weighted by atomic mass is 79.9. The van der Waals surface area contributed by atoms with Crippen LogP contribution >= 0.6 is 15.9 Å². The Morgan fingerprint density at radius 3 is 2.50 bits per heavy atom. The van der Waals surface area contributed by atoms with Crippen molar-refractivity contribution in [1.82, 2.24) is 9.78 Å². The molecule has 3 nitrogen and oxygen atoms in total. The number of halogens is 1. The summed E-state index contributed by atoms with van der Waals surface area (Å²) in [6.45, 7) is 9.04. The zero-order valence-electron chi connectivity index (χ0n) is 12.7. The molecule has 0 fully saturated rings. The lowest BCUT2D eigenvalue weighted by atomic mass is 9.98. The van der Waals surface area contributed by atoms with E-state index in [2.05, 4.69) is 53.9 Å². The van der Waals surface area contributed by atoms with Gasteiger partial charge in [0.1, 0.15) is 12.4 Å². The highest BCUT2D eigenvalue weighted by Crippen LogP contribution is 2.25. The molecule has 0 amide bonds. The van der Waals surface area contributed by atoms with E-state index >= 15 is 0 Å². The maximum absolute atomic E-state index is 5.89. The average Bonchev–Trinajstić information content (AvgIpc) is 2.61. The van der Waals surface area contributed by atoms with E-state index in [1.807, 2.05) is 24.7 Å². The van der Waals surface area contributed by atoms with Gasteiger partial charge in [0, 0.05) is 7.05 Å². The smallest absolute Gasteiger partial charge is 0.131 e. The molecule has 0 aliphatic carbocycles. The monoisotopic (exact) mass is 336 g/mol. The Bertz CT molecular complexity index is 617. The summed E-state index contributed by atoms with van der Waals surface area (Å²) < 4.78 is 8.77. The molecule has 4 heteroatoms. The first-order chi connectivity index (χ1) is 9.40. The van der Waals surface area contributed by atoms with E-state index in [0.29, 0.717) is 12.5 Å². The van der Waals surface area contributed by atoms with E-state index in [4.69, 9.17) is 4.74 Å². The van der Waals surface area contributed by atoms with Gasteiger partial charge in [0.25, 0.3) is 0 Å². The first-order valence-corrected chi connectivity index (χ1v) is 7.60. The van der Waals surface area contributed by atoms with Gasteiger partial charge in [-0.25, -0.2) is 0 Å². The largest absolute Gasteiger partial charge is 0.487 e. The van der Waals surface area contributed by atoms with Crippen molar-refractivity contribution in [2.24, 2.45) is 7.05 Å². The Morgan fingerprint density at radius 2 is 2.00 bits per heavy atom. The van der Waals surface area contributed by atoms with Crippen LogP contribution in [-0.2, 0) is 13.7 Å². The molecular formula is C16H21BrN2O. The number of hydrogen-bond donors (Lipinski definition) is 0. The number of aromatic nitrogens is 2. The first-order valence-electron chi connectivity index (χ1n) is 6.81. The van der Waals surface area contributed by atoms with Crippen LogP contribution in [0.3, 0.4) is 0 Å². The van der Waals surface area contributed by atoms with Crippen molar-refractivity contribution in [2.45, 2.75) is 40.2 Å². The summed E-state index contributed by atoms with van der Waals surface area (Å²) in [5.41, 5.74) is 4.68. The van der Waals surface area contributed by atoms with E-state index in [1.54, 1.807) is 0 Å². The minimum atomic E-state index is 0.512. The normalized spacial score (nSPS) is 11.2. The predicted molar refractivity (Wildman–Crippen MR) is 85.2 cm³/mol. The van der Waals surface area contributed by atoms with Gasteiger partial charge >= 0.3 is 0 Å². The second-order valence-corrected chi connectivity index (χ2v) is 6.22. The van der Waals surface area contributed by atoms with Crippen LogP contribution in [0.1, 0.15) is 42.3 Å². The third-order valence-electron chi connectivity index (χ3n) is 3.50. The number of ether oxygens (including phenoxy) is 1. The topological polar surface area (TPSA) is 27.1 Å². The number of hydrogen-bond acceptors (Lipinski definition) is 2. The molecular weight excluding hydrogens is 316 g/mol. The van der Waals surface area contributed by atoms with Gasteiger partial charge in [-0.3, -0.25) is 4.68 Å². The molecule has 0 bridgehead atoms. The molecule has 2 rings (SSSR count). The van der Waals surface area contributed by atoms with Gasteiger partial charge in [0.2, 0.25) is 0 Å². The summed E-state index contributed by atoms with van der Waals surface area (Å²) in [6, 6.07) is 6.30. The molecule has 0 unspecified atom stereocenters. The molecule has 1 aromatic heterocycles. The summed E-state index contributed by atoms with van der Waals surface area (Å²) in [4.78, 5) is 0. The molecule has 108 valence electrons. The van der Waals surface area contributed by atoms with Crippen molar-refractivity contribution in [3.05, 3.63) is 45.2 Å². The van der Waals surface area contributed by atoms with E-state index in [9.17, 15) is 0 Å². The fourth-order valence-electron chi connectivity index (χ4n) is 2.37. The second kappa shape index (κ2) is 6.00. The van der Waals surface area contributed by atoms with Gasteiger partial charge in [0.15, 0.2) is 0 Å². The number of benzene rings is 1. The highest BCUT2D eigenvalue weighted by molar-refractivity contribution is 9.10. The lowest BCUT2D eigenvalue weighted by Crippen LogP contribution is -2.04. The number of rotatable bonds is 4. The van der Waals surface area contributed by atoms with Crippen molar-refractivity contribution >= 4 is 15.9 Å². The molecule has 0 saturated carbocycles. The molecule has 0 saturated heterocycles. The van der Waals surface area contributed by atoms with Crippen molar-refractivity contribution in [1.29, 1.82) is 0 Å².